The van der Waals surface area contributed by atoms with Gasteiger partial charge in [0.1, 0.15) is 0 Å². The van der Waals surface area contributed by atoms with Gasteiger partial charge in [-0.1, -0.05) is 137 Å². The SMILES string of the molecule is CCO[Si](CCCCCC[Si](O[Si](C(C)C)(C(C)C)C(C)C)(O[Si](C(C)C)(C(C)C)C(C)C)O[Si](C(C)C)(C(C)C)C(C)C)(OCC)OCC. The van der Waals surface area contributed by atoms with Crippen molar-refractivity contribution in [3.05, 3.63) is 0 Å². The summed E-state index contributed by atoms with van der Waals surface area (Å²) >= 11 is 0. The molecule has 0 saturated heterocycles. The predicted molar refractivity (Wildman–Crippen MR) is 231 cm³/mol. The topological polar surface area (TPSA) is 55.4 Å². The van der Waals surface area contributed by atoms with Crippen molar-refractivity contribution in [1.82, 2.24) is 0 Å². The standard InChI is InChI=1S/C39H90O6Si5/c1-22-40-46(41-23-2,42-24-3)29-27-25-26-28-30-47(43-48(31(4)5,32(6)7)33(8)9,44-49(34(10)11,35(12)13)36(14)15)45-50(37(16)17,38(18)19)39(20)21/h31-39H,22-30H2,1-21H3. The van der Waals surface area contributed by atoms with E-state index in [2.05, 4.69) is 125 Å². The molecule has 0 spiro atoms. The van der Waals surface area contributed by atoms with Crippen LogP contribution in [0.15, 0.2) is 0 Å². The van der Waals surface area contributed by atoms with Crippen LogP contribution in [-0.2, 0) is 25.6 Å². The Morgan fingerprint density at radius 2 is 0.500 bits per heavy atom. The Labute approximate surface area is 319 Å². The van der Waals surface area contributed by atoms with E-state index < -0.39 is 42.6 Å². The molecule has 0 N–H and O–H groups in total. The molecule has 0 aromatic rings. The number of hydrogen-bond acceptors (Lipinski definition) is 6. The molecule has 0 amide bonds. The summed E-state index contributed by atoms with van der Waals surface area (Å²) in [5.74, 6) is 0. The van der Waals surface area contributed by atoms with Crippen LogP contribution in [0.1, 0.15) is 171 Å². The van der Waals surface area contributed by atoms with Crippen molar-refractivity contribution in [3.63, 3.8) is 0 Å². The van der Waals surface area contributed by atoms with Crippen LogP contribution in [0, 0.1) is 0 Å². The van der Waals surface area contributed by atoms with Gasteiger partial charge in [-0.05, 0) is 83.5 Å². The third-order valence-corrected chi connectivity index (χ3v) is 40.3. The summed E-state index contributed by atoms with van der Waals surface area (Å²) in [6.45, 7) is 51.6. The zero-order chi connectivity index (χ0) is 39.3. The average Bonchev–Trinajstić information content (AvgIpc) is 2.98. The molecular formula is C39H90O6Si5. The van der Waals surface area contributed by atoms with Crippen LogP contribution >= 0.6 is 0 Å². The van der Waals surface area contributed by atoms with Gasteiger partial charge in [0.25, 0.3) is 0 Å². The zero-order valence-corrected chi connectivity index (χ0v) is 42.5. The maximum absolute atomic E-state index is 8.23. The lowest BCUT2D eigenvalue weighted by Crippen LogP contribution is -2.69. The normalized spacial score (nSPS) is 14.5. The van der Waals surface area contributed by atoms with Gasteiger partial charge in [-0.3, -0.25) is 0 Å². The first-order valence-corrected chi connectivity index (χ1v) is 31.3. The highest BCUT2D eigenvalue weighted by Gasteiger charge is 2.63. The summed E-state index contributed by atoms with van der Waals surface area (Å²) in [5, 5.41) is 0. The van der Waals surface area contributed by atoms with Gasteiger partial charge in [0.05, 0.1) is 0 Å². The lowest BCUT2D eigenvalue weighted by atomic mass is 10.2. The Bertz CT molecular complexity index is 743. The van der Waals surface area contributed by atoms with Crippen molar-refractivity contribution >= 4 is 42.6 Å². The first-order valence-electron chi connectivity index (χ1n) is 21.0. The van der Waals surface area contributed by atoms with Crippen LogP contribution in [0.4, 0.5) is 0 Å². The Hall–Kier alpha value is 0.844. The van der Waals surface area contributed by atoms with Gasteiger partial charge in [-0.2, -0.15) is 0 Å². The summed E-state index contributed by atoms with van der Waals surface area (Å²) in [6, 6.07) is 1.77. The Morgan fingerprint density at radius 3 is 0.680 bits per heavy atom. The van der Waals surface area contributed by atoms with E-state index in [9.17, 15) is 0 Å². The summed E-state index contributed by atoms with van der Waals surface area (Å²) in [5.41, 5.74) is 4.10. The predicted octanol–water partition coefficient (Wildman–Crippen LogP) is 14.1. The highest BCUT2D eigenvalue weighted by Crippen LogP contribution is 2.53. The molecule has 0 aromatic carbocycles. The first kappa shape index (κ1) is 50.8. The van der Waals surface area contributed by atoms with Crippen LogP contribution in [0.3, 0.4) is 0 Å². The fourth-order valence-electron chi connectivity index (χ4n) is 10.1. The van der Waals surface area contributed by atoms with Crippen molar-refractivity contribution < 1.29 is 25.6 Å². The van der Waals surface area contributed by atoms with Gasteiger partial charge in [0, 0.05) is 31.9 Å². The van der Waals surface area contributed by atoms with Gasteiger partial charge in [-0.25, -0.2) is 0 Å². The second kappa shape index (κ2) is 22.4. The summed E-state index contributed by atoms with van der Waals surface area (Å²) in [6.07, 6.45) is 4.31. The molecule has 6 nitrogen and oxygen atoms in total. The van der Waals surface area contributed by atoms with Gasteiger partial charge in [-0.15, -0.1) is 0 Å². The van der Waals surface area contributed by atoms with E-state index >= 15 is 0 Å². The molecule has 0 aliphatic carbocycles. The van der Waals surface area contributed by atoms with Gasteiger partial charge in [0.15, 0.2) is 25.0 Å². The second-order valence-electron chi connectivity index (χ2n) is 17.8. The number of hydrogen-bond donors (Lipinski definition) is 0. The zero-order valence-electron chi connectivity index (χ0n) is 37.5. The lowest BCUT2D eigenvalue weighted by Gasteiger charge is -2.56. The van der Waals surface area contributed by atoms with Crippen molar-refractivity contribution in [3.8, 4) is 0 Å². The molecule has 11 heteroatoms. The third kappa shape index (κ3) is 12.2. The highest BCUT2D eigenvalue weighted by atomic mass is 28.5. The van der Waals surface area contributed by atoms with Gasteiger partial charge >= 0.3 is 17.6 Å². The second-order valence-corrected chi connectivity index (χ2v) is 40.4. The van der Waals surface area contributed by atoms with E-state index in [1.165, 1.54) is 0 Å². The summed E-state index contributed by atoms with van der Waals surface area (Å²) < 4.78 is 43.3. The third-order valence-electron chi connectivity index (χ3n) is 11.9. The van der Waals surface area contributed by atoms with Gasteiger partial charge in [0.2, 0.25) is 0 Å². The molecule has 0 aromatic heterocycles. The fourth-order valence-corrected chi connectivity index (χ4v) is 43.3. The molecular weight excluding hydrogens is 705 g/mol. The smallest absolute Gasteiger partial charge is 0.415 e. The minimum absolute atomic E-state index is 0.455. The summed E-state index contributed by atoms with van der Waals surface area (Å²) in [4.78, 5) is 0. The maximum Gasteiger partial charge on any atom is 0.500 e. The van der Waals surface area contributed by atoms with E-state index in [0.29, 0.717) is 69.7 Å². The first-order chi connectivity index (χ1) is 23.0. The van der Waals surface area contributed by atoms with E-state index in [0.717, 1.165) is 37.8 Å². The van der Waals surface area contributed by atoms with Crippen molar-refractivity contribution in [2.75, 3.05) is 19.8 Å². The van der Waals surface area contributed by atoms with Crippen molar-refractivity contribution in [2.45, 2.75) is 233 Å². The molecule has 0 rings (SSSR count). The molecule has 0 heterocycles. The molecule has 0 fully saturated rings. The van der Waals surface area contributed by atoms with Crippen LogP contribution in [-0.4, -0.2) is 62.4 Å². The number of rotatable bonds is 28. The molecule has 0 bridgehead atoms. The molecule has 0 aliphatic rings. The molecule has 0 saturated carbocycles. The fraction of sp³-hybridized carbons (Fsp3) is 1.00. The Balaban J connectivity index is 7.46. The average molecular weight is 796 g/mol. The minimum atomic E-state index is -3.28. The van der Waals surface area contributed by atoms with Gasteiger partial charge < -0.3 is 25.6 Å². The highest BCUT2D eigenvalue weighted by molar-refractivity contribution is 6.94. The molecule has 0 radical (unpaired) electrons. The van der Waals surface area contributed by atoms with Crippen LogP contribution < -0.4 is 0 Å². The van der Waals surface area contributed by atoms with Crippen molar-refractivity contribution in [2.24, 2.45) is 0 Å². The largest absolute Gasteiger partial charge is 0.500 e. The quantitative estimate of drug-likeness (QED) is 0.0581. The van der Waals surface area contributed by atoms with E-state index in [4.69, 9.17) is 25.6 Å². The molecule has 50 heavy (non-hydrogen) atoms. The Morgan fingerprint density at radius 1 is 0.300 bits per heavy atom. The maximum atomic E-state index is 8.23. The number of unbranched alkanes of at least 4 members (excludes halogenated alkanes) is 3. The monoisotopic (exact) mass is 795 g/mol. The molecule has 0 unspecified atom stereocenters. The molecule has 302 valence electrons. The van der Waals surface area contributed by atoms with E-state index in [-0.39, 0.29) is 0 Å². The Kier molecular flexibility index (Phi) is 22.8. The molecule has 0 aliphatic heterocycles. The minimum Gasteiger partial charge on any atom is -0.415 e. The molecule has 0 atom stereocenters. The van der Waals surface area contributed by atoms with Crippen LogP contribution in [0.2, 0.25) is 62.0 Å². The van der Waals surface area contributed by atoms with Crippen LogP contribution in [0.5, 0.6) is 0 Å². The van der Waals surface area contributed by atoms with E-state index in [1.54, 1.807) is 0 Å². The summed E-state index contributed by atoms with van der Waals surface area (Å²) in [7, 11) is -13.1. The van der Waals surface area contributed by atoms with Crippen molar-refractivity contribution in [1.29, 1.82) is 0 Å². The van der Waals surface area contributed by atoms with E-state index in [1.807, 2.05) is 20.8 Å². The lowest BCUT2D eigenvalue weighted by molar-refractivity contribution is 0.0706. The van der Waals surface area contributed by atoms with Crippen LogP contribution in [0.25, 0.3) is 0 Å².